The summed E-state index contributed by atoms with van der Waals surface area (Å²) in [4.78, 5) is 12.8. The number of carbonyl (C=O) groups excluding carboxylic acids is 1. The van der Waals surface area contributed by atoms with E-state index < -0.39 is 0 Å². The molecule has 0 radical (unpaired) electrons. The Labute approximate surface area is 136 Å². The molecule has 0 fully saturated rings. The zero-order valence-electron chi connectivity index (χ0n) is 13.6. The average Bonchev–Trinajstić information content (AvgIpc) is 2.51. The molecule has 0 aromatic heterocycles. The summed E-state index contributed by atoms with van der Waals surface area (Å²) in [6.07, 6.45) is 3.46. The van der Waals surface area contributed by atoms with Crippen LogP contribution in [0.4, 0.5) is 0 Å². The third-order valence-electron chi connectivity index (χ3n) is 4.34. The van der Waals surface area contributed by atoms with Gasteiger partial charge in [0, 0.05) is 11.1 Å². The number of fused-ring (bicyclic) bond motifs is 1. The van der Waals surface area contributed by atoms with Crippen LogP contribution < -0.4 is 4.74 Å². The number of benzene rings is 2. The van der Waals surface area contributed by atoms with E-state index in [-0.39, 0.29) is 11.5 Å². The zero-order chi connectivity index (χ0) is 16.6. The van der Waals surface area contributed by atoms with E-state index in [1.807, 2.05) is 25.1 Å². The second-order valence-corrected chi connectivity index (χ2v) is 6.04. The molecule has 23 heavy (non-hydrogen) atoms. The van der Waals surface area contributed by atoms with Crippen LogP contribution in [-0.2, 0) is 6.42 Å². The Morgan fingerprint density at radius 1 is 1.13 bits per heavy atom. The molecule has 1 aliphatic carbocycles. The summed E-state index contributed by atoms with van der Waals surface area (Å²) in [5.41, 5.74) is 5.87. The molecule has 0 atom stereocenters. The molecule has 0 saturated carbocycles. The molecule has 3 nitrogen and oxygen atoms in total. The molecular formula is C20H20O3. The van der Waals surface area contributed by atoms with Gasteiger partial charge in [0.15, 0.2) is 17.3 Å². The van der Waals surface area contributed by atoms with Gasteiger partial charge in [0.1, 0.15) is 0 Å². The molecule has 0 aliphatic heterocycles. The third-order valence-corrected chi connectivity index (χ3v) is 4.34. The van der Waals surface area contributed by atoms with Gasteiger partial charge in [-0.3, -0.25) is 4.79 Å². The minimum atomic E-state index is 0.0807. The van der Waals surface area contributed by atoms with E-state index in [4.69, 9.17) is 4.74 Å². The number of carbonyl (C=O) groups is 1. The Morgan fingerprint density at radius 3 is 2.61 bits per heavy atom. The van der Waals surface area contributed by atoms with Gasteiger partial charge in [-0.1, -0.05) is 17.7 Å². The molecule has 0 unspecified atom stereocenters. The molecule has 2 aromatic carbocycles. The van der Waals surface area contributed by atoms with Crippen molar-refractivity contribution in [1.82, 2.24) is 0 Å². The molecule has 118 valence electrons. The van der Waals surface area contributed by atoms with E-state index in [1.54, 1.807) is 12.1 Å². The van der Waals surface area contributed by atoms with Gasteiger partial charge in [-0.2, -0.15) is 0 Å². The van der Waals surface area contributed by atoms with Crippen molar-refractivity contribution in [2.75, 3.05) is 7.11 Å². The maximum absolute atomic E-state index is 12.8. The first kappa shape index (κ1) is 15.3. The monoisotopic (exact) mass is 308 g/mol. The maximum atomic E-state index is 12.8. The Balaban J connectivity index is 1.99. The van der Waals surface area contributed by atoms with Crippen LogP contribution in [0.25, 0.3) is 6.08 Å². The predicted octanol–water partition coefficient (Wildman–Crippen LogP) is 4.23. The van der Waals surface area contributed by atoms with Crippen molar-refractivity contribution >= 4 is 11.9 Å². The number of rotatable bonds is 2. The fourth-order valence-electron chi connectivity index (χ4n) is 3.21. The number of hydrogen-bond donors (Lipinski definition) is 1. The lowest BCUT2D eigenvalue weighted by Gasteiger charge is -2.20. The van der Waals surface area contributed by atoms with Crippen LogP contribution in [0.3, 0.4) is 0 Å². The number of ketones is 1. The molecule has 3 heteroatoms. The predicted molar refractivity (Wildman–Crippen MR) is 91.2 cm³/mol. The largest absolute Gasteiger partial charge is 0.504 e. The van der Waals surface area contributed by atoms with Crippen LogP contribution in [0.5, 0.6) is 11.5 Å². The van der Waals surface area contributed by atoms with Crippen molar-refractivity contribution in [3.63, 3.8) is 0 Å². The van der Waals surface area contributed by atoms with Crippen LogP contribution in [-0.4, -0.2) is 18.0 Å². The molecule has 0 spiro atoms. The molecule has 3 rings (SSSR count). The molecule has 1 aliphatic rings. The molecule has 2 aromatic rings. The van der Waals surface area contributed by atoms with Gasteiger partial charge in [-0.25, -0.2) is 0 Å². The number of phenols is 1. The maximum Gasteiger partial charge on any atom is 0.189 e. The zero-order valence-corrected chi connectivity index (χ0v) is 13.6. The van der Waals surface area contributed by atoms with Crippen LogP contribution in [0.15, 0.2) is 35.9 Å². The number of ether oxygens (including phenoxy) is 1. The van der Waals surface area contributed by atoms with Gasteiger partial charge in [0.05, 0.1) is 7.11 Å². The summed E-state index contributed by atoms with van der Waals surface area (Å²) in [6.45, 7) is 4.08. The summed E-state index contributed by atoms with van der Waals surface area (Å²) in [7, 11) is 1.51. The highest BCUT2D eigenvalue weighted by Crippen LogP contribution is 2.32. The fourth-order valence-corrected chi connectivity index (χ4v) is 3.21. The van der Waals surface area contributed by atoms with E-state index in [0.717, 1.165) is 40.7 Å². The van der Waals surface area contributed by atoms with Gasteiger partial charge < -0.3 is 9.84 Å². The van der Waals surface area contributed by atoms with E-state index in [0.29, 0.717) is 5.75 Å². The summed E-state index contributed by atoms with van der Waals surface area (Å²) < 4.78 is 5.05. The molecule has 0 saturated heterocycles. The van der Waals surface area contributed by atoms with Crippen molar-refractivity contribution in [3.05, 3.63) is 63.7 Å². The number of phenolic OH excluding ortho intramolecular Hbond substituents is 1. The highest BCUT2D eigenvalue weighted by molar-refractivity contribution is 6.13. The quantitative estimate of drug-likeness (QED) is 0.845. The first-order valence-electron chi connectivity index (χ1n) is 7.72. The smallest absolute Gasteiger partial charge is 0.189 e. The van der Waals surface area contributed by atoms with Gasteiger partial charge in [-0.15, -0.1) is 0 Å². The molecule has 0 amide bonds. The number of hydrogen-bond acceptors (Lipinski definition) is 3. The minimum Gasteiger partial charge on any atom is -0.504 e. The van der Waals surface area contributed by atoms with Gasteiger partial charge in [0.25, 0.3) is 0 Å². The number of methoxy groups -OCH3 is 1. The van der Waals surface area contributed by atoms with Gasteiger partial charge in [0.2, 0.25) is 0 Å². The van der Waals surface area contributed by atoms with Crippen LogP contribution in [0.2, 0.25) is 0 Å². The van der Waals surface area contributed by atoms with Crippen molar-refractivity contribution in [2.24, 2.45) is 0 Å². The second-order valence-electron chi connectivity index (χ2n) is 6.04. The van der Waals surface area contributed by atoms with E-state index in [9.17, 15) is 9.90 Å². The minimum absolute atomic E-state index is 0.0807. The second kappa shape index (κ2) is 5.92. The SMILES string of the molecule is COc1ccc(C=C2CCc3c(C)cc(C)cc3C2=O)cc1O. The number of Topliss-reactive ketones (excluding diaryl/α,β-unsaturated/α-hetero) is 1. The summed E-state index contributed by atoms with van der Waals surface area (Å²) >= 11 is 0. The molecule has 0 bridgehead atoms. The third kappa shape index (κ3) is 2.87. The summed E-state index contributed by atoms with van der Waals surface area (Å²) in [5.74, 6) is 0.601. The van der Waals surface area contributed by atoms with E-state index in [1.165, 1.54) is 12.7 Å². The van der Waals surface area contributed by atoms with Crippen molar-refractivity contribution in [2.45, 2.75) is 26.7 Å². The number of allylic oxidation sites excluding steroid dienone is 1. The number of aromatic hydroxyl groups is 1. The lowest BCUT2D eigenvalue weighted by atomic mass is 9.83. The standard InChI is InChI=1S/C20H20O3/c1-12-8-13(2)16-6-5-15(20(22)17(16)9-12)10-14-4-7-19(23-3)18(21)11-14/h4,7-11,21H,5-6H2,1-3H3. The van der Waals surface area contributed by atoms with E-state index >= 15 is 0 Å². The van der Waals surface area contributed by atoms with Crippen molar-refractivity contribution in [3.8, 4) is 11.5 Å². The van der Waals surface area contributed by atoms with Crippen LogP contribution >= 0.6 is 0 Å². The normalized spacial score (nSPS) is 15.6. The fraction of sp³-hybridized carbons (Fsp3) is 0.250. The first-order chi connectivity index (χ1) is 11.0. The van der Waals surface area contributed by atoms with Crippen molar-refractivity contribution < 1.29 is 14.6 Å². The topological polar surface area (TPSA) is 46.5 Å². The Hall–Kier alpha value is -2.55. The van der Waals surface area contributed by atoms with Gasteiger partial charge in [-0.05, 0) is 67.7 Å². The molecular weight excluding hydrogens is 288 g/mol. The molecule has 0 heterocycles. The lowest BCUT2D eigenvalue weighted by Crippen LogP contribution is -2.15. The highest BCUT2D eigenvalue weighted by atomic mass is 16.5. The van der Waals surface area contributed by atoms with Crippen LogP contribution in [0.1, 0.15) is 39.0 Å². The van der Waals surface area contributed by atoms with E-state index in [2.05, 4.69) is 13.0 Å². The van der Waals surface area contributed by atoms with Crippen molar-refractivity contribution in [1.29, 1.82) is 0 Å². The first-order valence-corrected chi connectivity index (χ1v) is 7.72. The Kier molecular flexibility index (Phi) is 3.95. The Bertz CT molecular complexity index is 816. The lowest BCUT2D eigenvalue weighted by molar-refractivity contribution is 0.102. The highest BCUT2D eigenvalue weighted by Gasteiger charge is 2.23. The number of aryl methyl sites for hydroxylation is 2. The molecule has 1 N–H and O–H groups in total. The Morgan fingerprint density at radius 2 is 1.91 bits per heavy atom. The summed E-state index contributed by atoms with van der Waals surface area (Å²) in [6, 6.07) is 9.27. The average molecular weight is 308 g/mol. The summed E-state index contributed by atoms with van der Waals surface area (Å²) in [5, 5.41) is 9.88. The van der Waals surface area contributed by atoms with Crippen LogP contribution in [0, 0.1) is 13.8 Å². The van der Waals surface area contributed by atoms with Gasteiger partial charge >= 0.3 is 0 Å².